The number of nitrogens with zero attached hydrogens (tertiary/aromatic N) is 3. The number of pyridine rings is 1. The van der Waals surface area contributed by atoms with Gasteiger partial charge in [-0.3, -0.25) is 19.4 Å². The average molecular weight is 389 g/mol. The summed E-state index contributed by atoms with van der Waals surface area (Å²) in [6.45, 7) is 0. The molecule has 3 aromatic rings. The molecule has 1 aromatic heterocycles. The van der Waals surface area contributed by atoms with Crippen molar-refractivity contribution in [2.75, 3.05) is 9.96 Å². The summed E-state index contributed by atoms with van der Waals surface area (Å²) >= 11 is 0. The van der Waals surface area contributed by atoms with Crippen molar-refractivity contribution in [2.24, 2.45) is 5.92 Å². The molecule has 5 rings (SSSR count). The van der Waals surface area contributed by atoms with E-state index in [1.807, 2.05) is 42.5 Å². The summed E-state index contributed by atoms with van der Waals surface area (Å²) in [5.74, 6) is -1.99. The van der Waals surface area contributed by atoms with E-state index in [-0.39, 0.29) is 5.91 Å². The molecule has 144 valence electrons. The van der Waals surface area contributed by atoms with E-state index in [0.29, 0.717) is 5.69 Å². The fourth-order valence-electron chi connectivity index (χ4n) is 3.96. The summed E-state index contributed by atoms with van der Waals surface area (Å²) in [5.41, 5.74) is 1.90. The molecule has 29 heavy (non-hydrogen) atoms. The zero-order valence-electron chi connectivity index (χ0n) is 15.2. The molecule has 0 radical (unpaired) electrons. The molecule has 0 unspecified atom stereocenters. The van der Waals surface area contributed by atoms with Gasteiger partial charge in [0.2, 0.25) is 5.91 Å². The van der Waals surface area contributed by atoms with E-state index < -0.39 is 29.8 Å². The van der Waals surface area contributed by atoms with Gasteiger partial charge >= 0.3 is 0 Å². The lowest BCUT2D eigenvalue weighted by atomic mass is 9.91. The van der Waals surface area contributed by atoms with Crippen LogP contribution in [0.1, 0.15) is 11.6 Å². The first-order valence-electron chi connectivity index (χ1n) is 9.19. The van der Waals surface area contributed by atoms with Crippen LogP contribution in [0.4, 0.5) is 15.8 Å². The van der Waals surface area contributed by atoms with Crippen LogP contribution in [0.3, 0.4) is 0 Å². The molecule has 2 aromatic carbocycles. The molecular formula is C22H16FN3O3. The largest absolute Gasteiger partial charge is 0.273 e. The predicted molar refractivity (Wildman–Crippen MR) is 103 cm³/mol. The lowest BCUT2D eigenvalue weighted by Crippen LogP contribution is -2.37. The van der Waals surface area contributed by atoms with Gasteiger partial charge in [0, 0.05) is 12.4 Å². The Labute approximate surface area is 166 Å². The lowest BCUT2D eigenvalue weighted by Gasteiger charge is -2.28. The Morgan fingerprint density at radius 1 is 0.828 bits per heavy atom. The van der Waals surface area contributed by atoms with Gasteiger partial charge in [0.1, 0.15) is 11.7 Å². The van der Waals surface area contributed by atoms with Gasteiger partial charge in [0.15, 0.2) is 6.10 Å². The number of aromatic nitrogens is 1. The molecule has 6 nitrogen and oxygen atoms in total. The van der Waals surface area contributed by atoms with Crippen LogP contribution in [0.15, 0.2) is 79.1 Å². The quantitative estimate of drug-likeness (QED) is 0.644. The Bertz CT molecular complexity index is 1060. The SMILES string of the molecule is O=C1[C@H]2[C@@H](ON(c3ccccc3)[C@H]2c2ccncc2)C(=O)N1c1ccc(F)cc1. The minimum atomic E-state index is -0.953. The number of para-hydroxylation sites is 1. The molecule has 0 spiro atoms. The first-order chi connectivity index (χ1) is 14.1. The van der Waals surface area contributed by atoms with Crippen molar-refractivity contribution in [3.63, 3.8) is 0 Å². The Balaban J connectivity index is 1.58. The highest BCUT2D eigenvalue weighted by atomic mass is 19.1. The third-order valence-electron chi connectivity index (χ3n) is 5.26. The Morgan fingerprint density at radius 3 is 2.21 bits per heavy atom. The summed E-state index contributed by atoms with van der Waals surface area (Å²) in [4.78, 5) is 37.6. The maximum absolute atomic E-state index is 13.3. The highest BCUT2D eigenvalue weighted by Gasteiger charge is 2.60. The van der Waals surface area contributed by atoms with Crippen molar-refractivity contribution in [2.45, 2.75) is 12.1 Å². The summed E-state index contributed by atoms with van der Waals surface area (Å²) in [7, 11) is 0. The first-order valence-corrected chi connectivity index (χ1v) is 9.19. The third-order valence-corrected chi connectivity index (χ3v) is 5.26. The number of anilines is 2. The second-order valence-electron chi connectivity index (χ2n) is 6.93. The molecule has 2 fully saturated rings. The smallest absolute Gasteiger partial charge is 0.266 e. The summed E-state index contributed by atoms with van der Waals surface area (Å²) in [6, 6.07) is 17.8. The monoisotopic (exact) mass is 389 g/mol. The lowest BCUT2D eigenvalue weighted by molar-refractivity contribution is -0.126. The predicted octanol–water partition coefficient (Wildman–Crippen LogP) is 3.27. The number of carbonyl (C=O) groups excluding carboxylic acids is 2. The van der Waals surface area contributed by atoms with Crippen LogP contribution < -0.4 is 9.96 Å². The van der Waals surface area contributed by atoms with Gasteiger partial charge in [0.25, 0.3) is 5.91 Å². The minimum Gasteiger partial charge on any atom is -0.273 e. The molecule has 2 amide bonds. The number of hydrogen-bond donors (Lipinski definition) is 0. The molecule has 3 heterocycles. The molecule has 0 saturated carbocycles. The maximum atomic E-state index is 13.3. The van der Waals surface area contributed by atoms with Crippen molar-refractivity contribution >= 4 is 23.2 Å². The number of fused-ring (bicyclic) bond motifs is 1. The second kappa shape index (κ2) is 6.79. The van der Waals surface area contributed by atoms with Crippen molar-refractivity contribution in [1.29, 1.82) is 0 Å². The fraction of sp³-hybridized carbons (Fsp3) is 0.136. The Kier molecular flexibility index (Phi) is 4.10. The number of imide groups is 1. The Hall–Kier alpha value is -3.58. The Morgan fingerprint density at radius 2 is 1.52 bits per heavy atom. The van der Waals surface area contributed by atoms with Crippen molar-refractivity contribution in [1.82, 2.24) is 4.98 Å². The number of carbonyl (C=O) groups is 2. The molecule has 0 aliphatic carbocycles. The van der Waals surface area contributed by atoms with Crippen LogP contribution in [-0.4, -0.2) is 22.9 Å². The van der Waals surface area contributed by atoms with E-state index in [2.05, 4.69) is 4.98 Å². The number of rotatable bonds is 3. The summed E-state index contributed by atoms with van der Waals surface area (Å²) < 4.78 is 13.3. The van der Waals surface area contributed by atoms with Crippen molar-refractivity contribution in [3.8, 4) is 0 Å². The molecule has 0 N–H and O–H groups in total. The van der Waals surface area contributed by atoms with E-state index in [4.69, 9.17) is 4.84 Å². The average Bonchev–Trinajstić information content (AvgIpc) is 3.27. The zero-order chi connectivity index (χ0) is 20.0. The fourth-order valence-corrected chi connectivity index (χ4v) is 3.96. The van der Waals surface area contributed by atoms with Gasteiger partial charge in [-0.1, -0.05) is 18.2 Å². The van der Waals surface area contributed by atoms with Crippen LogP contribution in [0.25, 0.3) is 0 Å². The molecule has 2 aliphatic rings. The molecule has 2 aliphatic heterocycles. The van der Waals surface area contributed by atoms with Gasteiger partial charge in [-0.05, 0) is 54.1 Å². The van der Waals surface area contributed by atoms with E-state index >= 15 is 0 Å². The van der Waals surface area contributed by atoms with Gasteiger partial charge in [-0.25, -0.2) is 14.4 Å². The number of amides is 2. The van der Waals surface area contributed by atoms with Gasteiger partial charge < -0.3 is 0 Å². The van der Waals surface area contributed by atoms with Gasteiger partial charge in [0.05, 0.1) is 17.4 Å². The van der Waals surface area contributed by atoms with Crippen LogP contribution in [-0.2, 0) is 14.4 Å². The highest BCUT2D eigenvalue weighted by molar-refractivity contribution is 6.23. The third kappa shape index (κ3) is 2.78. The number of hydroxylamine groups is 1. The van der Waals surface area contributed by atoms with Crippen LogP contribution >= 0.6 is 0 Å². The van der Waals surface area contributed by atoms with E-state index in [0.717, 1.165) is 16.2 Å². The van der Waals surface area contributed by atoms with Gasteiger partial charge in [-0.2, -0.15) is 0 Å². The maximum Gasteiger partial charge on any atom is 0.266 e. The minimum absolute atomic E-state index is 0.333. The topological polar surface area (TPSA) is 62.7 Å². The number of benzene rings is 2. The van der Waals surface area contributed by atoms with Crippen LogP contribution in [0.5, 0.6) is 0 Å². The summed E-state index contributed by atoms with van der Waals surface area (Å²) in [5, 5.41) is 1.63. The molecule has 0 bridgehead atoms. The molecule has 2 saturated heterocycles. The van der Waals surface area contributed by atoms with Gasteiger partial charge in [-0.15, -0.1) is 0 Å². The number of hydrogen-bond acceptors (Lipinski definition) is 5. The number of halogens is 1. The van der Waals surface area contributed by atoms with Crippen molar-refractivity contribution < 1.29 is 18.8 Å². The van der Waals surface area contributed by atoms with E-state index in [9.17, 15) is 14.0 Å². The normalized spacial score (nSPS) is 23.6. The van der Waals surface area contributed by atoms with E-state index in [1.54, 1.807) is 17.5 Å². The van der Waals surface area contributed by atoms with Crippen LogP contribution in [0, 0.1) is 11.7 Å². The highest BCUT2D eigenvalue weighted by Crippen LogP contribution is 2.47. The van der Waals surface area contributed by atoms with Crippen LogP contribution in [0.2, 0.25) is 0 Å². The standard InChI is InChI=1S/C22H16FN3O3/c23-15-6-8-16(9-7-15)25-21(27)18-19(14-10-12-24-13-11-14)26(29-20(18)22(25)28)17-4-2-1-3-5-17/h1-13,18-20H/t18-,19+,20-/m1/s1. The van der Waals surface area contributed by atoms with Crippen molar-refractivity contribution in [3.05, 3.63) is 90.5 Å². The molecule has 7 heteroatoms. The van der Waals surface area contributed by atoms with E-state index in [1.165, 1.54) is 24.3 Å². The first kappa shape index (κ1) is 17.5. The molecular weight excluding hydrogens is 373 g/mol. The summed E-state index contributed by atoms with van der Waals surface area (Å²) in [6.07, 6.45) is 2.33. The zero-order valence-corrected chi connectivity index (χ0v) is 15.2. The molecule has 3 atom stereocenters. The second-order valence-corrected chi connectivity index (χ2v) is 6.93.